The third kappa shape index (κ3) is 4.86. The number of esters is 1. The molecule has 2 aromatic carbocycles. The number of amides is 2. The Labute approximate surface area is 166 Å². The second-order valence-electron chi connectivity index (χ2n) is 6.08. The molecule has 0 fully saturated rings. The van der Waals surface area contributed by atoms with Crippen LogP contribution in [0.2, 0.25) is 0 Å². The third-order valence-electron chi connectivity index (χ3n) is 3.93. The average molecular weight is 393 g/mol. The number of benzene rings is 2. The van der Waals surface area contributed by atoms with Crippen LogP contribution >= 0.6 is 0 Å². The lowest BCUT2D eigenvalue weighted by atomic mass is 10.1. The summed E-state index contributed by atoms with van der Waals surface area (Å²) in [6.07, 6.45) is 0. The molecule has 0 saturated heterocycles. The largest absolute Gasteiger partial charge is 0.462 e. The average Bonchev–Trinajstić information content (AvgIpc) is 3.13. The van der Waals surface area contributed by atoms with Crippen molar-refractivity contribution in [2.45, 2.75) is 13.8 Å². The molecule has 0 radical (unpaired) electrons. The second kappa shape index (κ2) is 8.83. The Bertz CT molecular complexity index is 1060. The van der Waals surface area contributed by atoms with Crippen molar-refractivity contribution < 1.29 is 23.6 Å². The van der Waals surface area contributed by atoms with Gasteiger partial charge in [-0.1, -0.05) is 23.4 Å². The number of para-hydroxylation sites is 1. The van der Waals surface area contributed by atoms with Crippen molar-refractivity contribution in [1.82, 2.24) is 5.16 Å². The van der Waals surface area contributed by atoms with E-state index in [2.05, 4.69) is 15.8 Å². The summed E-state index contributed by atoms with van der Waals surface area (Å²) < 4.78 is 9.92. The maximum Gasteiger partial charge on any atom is 0.340 e. The van der Waals surface area contributed by atoms with Crippen molar-refractivity contribution >= 4 is 29.3 Å². The van der Waals surface area contributed by atoms with E-state index in [1.54, 1.807) is 62.4 Å². The number of aryl methyl sites for hydroxylation is 1. The minimum atomic E-state index is -0.528. The first-order valence-corrected chi connectivity index (χ1v) is 8.90. The molecule has 8 nitrogen and oxygen atoms in total. The molecule has 148 valence electrons. The molecule has 3 aromatic rings. The van der Waals surface area contributed by atoms with E-state index in [1.165, 1.54) is 6.07 Å². The molecule has 0 aliphatic heterocycles. The van der Waals surface area contributed by atoms with Gasteiger partial charge in [-0.2, -0.15) is 0 Å². The van der Waals surface area contributed by atoms with Gasteiger partial charge < -0.3 is 19.9 Å². The minimum absolute atomic E-state index is 0.226. The molecule has 0 atom stereocenters. The first kappa shape index (κ1) is 19.8. The Balaban J connectivity index is 1.76. The van der Waals surface area contributed by atoms with Crippen LogP contribution in [0.4, 0.5) is 11.5 Å². The monoisotopic (exact) mass is 393 g/mol. The zero-order valence-corrected chi connectivity index (χ0v) is 15.9. The maximum absolute atomic E-state index is 12.7. The highest BCUT2D eigenvalue weighted by molar-refractivity contribution is 6.10. The van der Waals surface area contributed by atoms with Gasteiger partial charge in [-0.05, 0) is 44.2 Å². The predicted molar refractivity (Wildman–Crippen MR) is 106 cm³/mol. The van der Waals surface area contributed by atoms with Crippen molar-refractivity contribution in [2.75, 3.05) is 17.2 Å². The number of carbonyl (C=O) groups is 3. The Morgan fingerprint density at radius 2 is 1.66 bits per heavy atom. The molecule has 0 aliphatic carbocycles. The molecule has 1 aromatic heterocycles. The van der Waals surface area contributed by atoms with Gasteiger partial charge in [0.25, 0.3) is 11.8 Å². The van der Waals surface area contributed by atoms with Crippen LogP contribution < -0.4 is 10.6 Å². The first-order chi connectivity index (χ1) is 14.0. The Morgan fingerprint density at radius 1 is 0.966 bits per heavy atom. The highest BCUT2D eigenvalue weighted by atomic mass is 16.5. The molecular weight excluding hydrogens is 374 g/mol. The first-order valence-electron chi connectivity index (χ1n) is 8.90. The molecule has 1 heterocycles. The normalized spacial score (nSPS) is 10.3. The second-order valence-corrected chi connectivity index (χ2v) is 6.08. The van der Waals surface area contributed by atoms with E-state index in [-0.39, 0.29) is 29.1 Å². The van der Waals surface area contributed by atoms with Crippen molar-refractivity contribution in [3.8, 4) is 0 Å². The van der Waals surface area contributed by atoms with Gasteiger partial charge in [-0.3, -0.25) is 9.59 Å². The van der Waals surface area contributed by atoms with Crippen molar-refractivity contribution in [3.63, 3.8) is 0 Å². The Hall–Kier alpha value is -3.94. The van der Waals surface area contributed by atoms with Crippen molar-refractivity contribution in [3.05, 3.63) is 77.0 Å². The predicted octanol–water partition coefficient (Wildman–Crippen LogP) is 3.66. The summed E-state index contributed by atoms with van der Waals surface area (Å²) in [6, 6.07) is 14.3. The Kier molecular flexibility index (Phi) is 6.03. The molecule has 0 bridgehead atoms. The third-order valence-corrected chi connectivity index (χ3v) is 3.93. The number of anilines is 2. The van der Waals surface area contributed by atoms with Crippen LogP contribution in [0.3, 0.4) is 0 Å². The van der Waals surface area contributed by atoms with Gasteiger partial charge in [-0.25, -0.2) is 4.79 Å². The van der Waals surface area contributed by atoms with Crippen LogP contribution in [0.15, 0.2) is 59.1 Å². The molecule has 0 saturated carbocycles. The molecule has 0 unspecified atom stereocenters. The lowest BCUT2D eigenvalue weighted by Crippen LogP contribution is -2.17. The summed E-state index contributed by atoms with van der Waals surface area (Å²) in [5.74, 6) is -0.576. The molecule has 8 heteroatoms. The zero-order chi connectivity index (χ0) is 20.8. The number of hydrogen-bond acceptors (Lipinski definition) is 6. The van der Waals surface area contributed by atoms with Crippen LogP contribution in [0.1, 0.15) is 43.8 Å². The number of aromatic nitrogens is 1. The SMILES string of the molecule is CCOC(=O)c1ccccc1NC(=O)c1cccc(C(=O)Nc2cc(C)on2)c1. The van der Waals surface area contributed by atoms with E-state index in [4.69, 9.17) is 9.26 Å². The molecule has 29 heavy (non-hydrogen) atoms. The van der Waals surface area contributed by atoms with Crippen molar-refractivity contribution in [2.24, 2.45) is 0 Å². The highest BCUT2D eigenvalue weighted by Gasteiger charge is 2.16. The van der Waals surface area contributed by atoms with Gasteiger partial charge in [0.2, 0.25) is 0 Å². The number of rotatable bonds is 6. The lowest BCUT2D eigenvalue weighted by Gasteiger charge is -2.11. The van der Waals surface area contributed by atoms with Gasteiger partial charge in [0.1, 0.15) is 5.76 Å². The molecule has 2 amide bonds. The number of ether oxygens (including phenoxy) is 1. The van der Waals surface area contributed by atoms with Crippen LogP contribution in [0.5, 0.6) is 0 Å². The number of nitrogens with one attached hydrogen (secondary N) is 2. The van der Waals surface area contributed by atoms with E-state index in [0.29, 0.717) is 11.4 Å². The molecule has 2 N–H and O–H groups in total. The summed E-state index contributed by atoms with van der Waals surface area (Å²) in [4.78, 5) is 37.1. The topological polar surface area (TPSA) is 111 Å². The van der Waals surface area contributed by atoms with Gasteiger partial charge >= 0.3 is 5.97 Å². The minimum Gasteiger partial charge on any atom is -0.462 e. The van der Waals surface area contributed by atoms with Crippen LogP contribution in [-0.2, 0) is 4.74 Å². The van der Waals surface area contributed by atoms with Crippen LogP contribution in [0, 0.1) is 6.92 Å². The molecule has 3 rings (SSSR count). The van der Waals surface area contributed by atoms with E-state index in [0.717, 1.165) is 0 Å². The standard InChI is InChI=1S/C21H19N3O5/c1-3-28-21(27)16-9-4-5-10-17(16)22-19(25)14-7-6-8-15(12-14)20(26)23-18-11-13(2)29-24-18/h4-12H,3H2,1-2H3,(H,22,25)(H,23,24,26). The van der Waals surface area contributed by atoms with E-state index in [1.807, 2.05) is 0 Å². The fraction of sp³-hybridized carbons (Fsp3) is 0.143. The van der Waals surface area contributed by atoms with Crippen LogP contribution in [0.25, 0.3) is 0 Å². The van der Waals surface area contributed by atoms with E-state index >= 15 is 0 Å². The molecule has 0 spiro atoms. The van der Waals surface area contributed by atoms with Gasteiger partial charge in [-0.15, -0.1) is 0 Å². The van der Waals surface area contributed by atoms with Crippen LogP contribution in [-0.4, -0.2) is 29.5 Å². The van der Waals surface area contributed by atoms with E-state index < -0.39 is 17.8 Å². The fourth-order valence-corrected chi connectivity index (χ4v) is 2.59. The quantitative estimate of drug-likeness (QED) is 0.618. The number of carbonyl (C=O) groups excluding carboxylic acids is 3. The van der Waals surface area contributed by atoms with E-state index in [9.17, 15) is 14.4 Å². The van der Waals surface area contributed by atoms with Gasteiger partial charge in [0.15, 0.2) is 5.82 Å². The van der Waals surface area contributed by atoms with Crippen molar-refractivity contribution in [1.29, 1.82) is 0 Å². The summed E-state index contributed by atoms with van der Waals surface area (Å²) in [5.41, 5.74) is 1.10. The van der Waals surface area contributed by atoms with Gasteiger partial charge in [0.05, 0.1) is 17.9 Å². The molecular formula is C21H19N3O5. The highest BCUT2D eigenvalue weighted by Crippen LogP contribution is 2.18. The summed E-state index contributed by atoms with van der Waals surface area (Å²) in [6.45, 7) is 3.64. The lowest BCUT2D eigenvalue weighted by molar-refractivity contribution is 0.0527. The Morgan fingerprint density at radius 3 is 2.31 bits per heavy atom. The summed E-state index contributed by atoms with van der Waals surface area (Å²) in [7, 11) is 0. The zero-order valence-electron chi connectivity index (χ0n) is 15.9. The molecule has 0 aliphatic rings. The summed E-state index contributed by atoms with van der Waals surface area (Å²) in [5, 5.41) is 8.99. The summed E-state index contributed by atoms with van der Waals surface area (Å²) >= 11 is 0. The van der Waals surface area contributed by atoms with Gasteiger partial charge in [0, 0.05) is 17.2 Å². The smallest absolute Gasteiger partial charge is 0.340 e. The number of nitrogens with zero attached hydrogens (tertiary/aromatic N) is 1. The maximum atomic E-state index is 12.7. The fourth-order valence-electron chi connectivity index (χ4n) is 2.59. The number of hydrogen-bond donors (Lipinski definition) is 2.